The lowest BCUT2D eigenvalue weighted by Gasteiger charge is -2.37. The number of hydrogen-bond acceptors (Lipinski definition) is 5. The minimum atomic E-state index is -0.313. The van der Waals surface area contributed by atoms with E-state index >= 15 is 0 Å². The highest BCUT2D eigenvalue weighted by Crippen LogP contribution is 2.35. The quantitative estimate of drug-likeness (QED) is 0.786. The van der Waals surface area contributed by atoms with Gasteiger partial charge in [0, 0.05) is 23.7 Å². The number of amides is 1. The van der Waals surface area contributed by atoms with E-state index in [1.807, 2.05) is 24.3 Å². The molecule has 4 nitrogen and oxygen atoms in total. The monoisotopic (exact) mass is 344 g/mol. The lowest BCUT2D eigenvalue weighted by molar-refractivity contribution is 0.0358. The first-order valence-electron chi connectivity index (χ1n) is 7.54. The zero-order valence-corrected chi connectivity index (χ0v) is 14.1. The van der Waals surface area contributed by atoms with Crippen LogP contribution in [-0.4, -0.2) is 24.1 Å². The first kappa shape index (κ1) is 14.8. The average Bonchev–Trinajstić information content (AvgIpc) is 3.26. The number of benzene rings is 1. The van der Waals surface area contributed by atoms with Crippen molar-refractivity contribution in [3.63, 3.8) is 0 Å². The molecular formula is C17H16N2O2S2. The molecular weight excluding hydrogens is 328 g/mol. The van der Waals surface area contributed by atoms with Crippen LogP contribution in [-0.2, 0) is 10.3 Å². The first-order chi connectivity index (χ1) is 11.3. The van der Waals surface area contributed by atoms with Gasteiger partial charge in [-0.25, -0.2) is 4.98 Å². The fourth-order valence-corrected chi connectivity index (χ4v) is 4.65. The number of thiazole rings is 1. The molecule has 6 heteroatoms. The fourth-order valence-electron chi connectivity index (χ4n) is 2.99. The lowest BCUT2D eigenvalue weighted by Crippen LogP contribution is -2.49. The number of rotatable bonds is 3. The molecule has 1 aromatic carbocycles. The number of carbonyl (C=O) groups is 1. The van der Waals surface area contributed by atoms with Crippen molar-refractivity contribution in [3.8, 4) is 0 Å². The second-order valence-corrected chi connectivity index (χ2v) is 7.49. The Morgan fingerprint density at radius 1 is 1.22 bits per heavy atom. The maximum Gasteiger partial charge on any atom is 0.252 e. The number of nitrogens with zero attached hydrogens (tertiary/aromatic N) is 1. The van der Waals surface area contributed by atoms with Crippen LogP contribution < -0.4 is 5.32 Å². The van der Waals surface area contributed by atoms with Crippen molar-refractivity contribution < 1.29 is 9.53 Å². The number of hydrogen-bond donors (Lipinski definition) is 1. The molecule has 3 heterocycles. The first-order valence-corrected chi connectivity index (χ1v) is 9.30. The summed E-state index contributed by atoms with van der Waals surface area (Å²) in [7, 11) is 0. The molecule has 3 aromatic rings. The number of nitrogens with one attached hydrogen (secondary N) is 1. The Kier molecular flexibility index (Phi) is 3.88. The van der Waals surface area contributed by atoms with E-state index in [2.05, 4.69) is 21.7 Å². The van der Waals surface area contributed by atoms with Crippen LogP contribution in [0.2, 0.25) is 0 Å². The summed E-state index contributed by atoms with van der Waals surface area (Å²) in [6.07, 6.45) is 1.62. The third-order valence-electron chi connectivity index (χ3n) is 4.29. The Morgan fingerprint density at radius 2 is 2.09 bits per heavy atom. The molecule has 2 aromatic heterocycles. The largest absolute Gasteiger partial charge is 0.381 e. The van der Waals surface area contributed by atoms with Crippen molar-refractivity contribution in [2.24, 2.45) is 0 Å². The van der Waals surface area contributed by atoms with Crippen LogP contribution in [0.3, 0.4) is 0 Å². The van der Waals surface area contributed by atoms with Crippen LogP contribution in [0.1, 0.15) is 28.1 Å². The third-order valence-corrected chi connectivity index (χ3v) is 6.15. The number of aromatic nitrogens is 1. The van der Waals surface area contributed by atoms with Crippen LogP contribution >= 0.6 is 22.7 Å². The molecule has 0 unspecified atom stereocenters. The molecule has 118 valence electrons. The Morgan fingerprint density at radius 3 is 2.87 bits per heavy atom. The summed E-state index contributed by atoms with van der Waals surface area (Å²) in [6, 6.07) is 9.81. The molecule has 1 N–H and O–H groups in total. The van der Waals surface area contributed by atoms with Crippen molar-refractivity contribution in [1.29, 1.82) is 0 Å². The Hall–Kier alpha value is -1.76. The summed E-state index contributed by atoms with van der Waals surface area (Å²) in [5, 5.41) is 5.34. The molecule has 1 aliphatic heterocycles. The van der Waals surface area contributed by atoms with Crippen LogP contribution in [0.5, 0.6) is 0 Å². The van der Waals surface area contributed by atoms with Crippen molar-refractivity contribution >= 4 is 38.8 Å². The Balaban J connectivity index is 1.64. The molecule has 0 spiro atoms. The molecule has 1 fully saturated rings. The molecule has 1 saturated heterocycles. The summed E-state index contributed by atoms with van der Waals surface area (Å²) < 4.78 is 6.54. The molecule has 0 saturated carbocycles. The van der Waals surface area contributed by atoms with Gasteiger partial charge in [0.15, 0.2) is 0 Å². The van der Waals surface area contributed by atoms with Gasteiger partial charge < -0.3 is 10.1 Å². The average molecular weight is 344 g/mol. The third kappa shape index (κ3) is 2.78. The highest BCUT2D eigenvalue weighted by molar-refractivity contribution is 7.16. The molecule has 1 amide bonds. The van der Waals surface area contributed by atoms with E-state index in [0.29, 0.717) is 18.8 Å². The second-order valence-electron chi connectivity index (χ2n) is 5.66. The number of fused-ring (bicyclic) bond motifs is 1. The highest BCUT2D eigenvalue weighted by atomic mass is 32.1. The van der Waals surface area contributed by atoms with Gasteiger partial charge in [-0.1, -0.05) is 6.07 Å². The second kappa shape index (κ2) is 6.03. The van der Waals surface area contributed by atoms with Gasteiger partial charge in [0.25, 0.3) is 5.91 Å². The van der Waals surface area contributed by atoms with Gasteiger partial charge in [0.2, 0.25) is 0 Å². The van der Waals surface area contributed by atoms with Crippen LogP contribution in [0.15, 0.2) is 41.2 Å². The van der Waals surface area contributed by atoms with Crippen LogP contribution in [0.25, 0.3) is 10.2 Å². The number of carbonyl (C=O) groups excluding carboxylic acids is 1. The topological polar surface area (TPSA) is 51.2 Å². The SMILES string of the molecule is O=C(NC1(c2cccs2)CCOCC1)c1ccc2ncsc2c1. The summed E-state index contributed by atoms with van der Waals surface area (Å²) in [4.78, 5) is 18.3. The van der Waals surface area contributed by atoms with E-state index in [9.17, 15) is 4.79 Å². The lowest BCUT2D eigenvalue weighted by atomic mass is 9.88. The molecule has 23 heavy (non-hydrogen) atoms. The maximum atomic E-state index is 12.8. The van der Waals surface area contributed by atoms with Gasteiger partial charge in [-0.15, -0.1) is 22.7 Å². The molecule has 0 radical (unpaired) electrons. The van der Waals surface area contributed by atoms with Crippen LogP contribution in [0.4, 0.5) is 0 Å². The summed E-state index contributed by atoms with van der Waals surface area (Å²) in [5.41, 5.74) is 3.11. The Labute approximate surface area is 142 Å². The summed E-state index contributed by atoms with van der Waals surface area (Å²) >= 11 is 3.24. The van der Waals surface area contributed by atoms with Crippen molar-refractivity contribution in [2.45, 2.75) is 18.4 Å². The van der Waals surface area contributed by atoms with Crippen molar-refractivity contribution in [2.75, 3.05) is 13.2 Å². The van der Waals surface area contributed by atoms with Gasteiger partial charge in [-0.3, -0.25) is 4.79 Å². The van der Waals surface area contributed by atoms with E-state index in [0.717, 1.165) is 23.1 Å². The van der Waals surface area contributed by atoms with Gasteiger partial charge in [0.1, 0.15) is 0 Å². The van der Waals surface area contributed by atoms with Crippen LogP contribution in [0, 0.1) is 0 Å². The molecule has 1 aliphatic rings. The zero-order chi connectivity index (χ0) is 15.7. The minimum Gasteiger partial charge on any atom is -0.381 e. The van der Waals surface area contributed by atoms with Gasteiger partial charge >= 0.3 is 0 Å². The van der Waals surface area contributed by atoms with Gasteiger partial charge in [-0.05, 0) is 42.5 Å². The van der Waals surface area contributed by atoms with E-state index in [1.54, 1.807) is 28.2 Å². The fraction of sp³-hybridized carbons (Fsp3) is 0.294. The molecule has 0 bridgehead atoms. The summed E-state index contributed by atoms with van der Waals surface area (Å²) in [5.74, 6) is -0.0319. The predicted octanol–water partition coefficient (Wildman–Crippen LogP) is 3.79. The van der Waals surface area contributed by atoms with E-state index < -0.39 is 0 Å². The number of ether oxygens (including phenoxy) is 1. The van der Waals surface area contributed by atoms with Gasteiger partial charge in [0.05, 0.1) is 21.3 Å². The summed E-state index contributed by atoms with van der Waals surface area (Å²) in [6.45, 7) is 1.35. The smallest absolute Gasteiger partial charge is 0.252 e. The maximum absolute atomic E-state index is 12.8. The Bertz CT molecular complexity index is 820. The zero-order valence-electron chi connectivity index (χ0n) is 12.5. The van der Waals surface area contributed by atoms with Crippen molar-refractivity contribution in [3.05, 3.63) is 51.7 Å². The predicted molar refractivity (Wildman–Crippen MR) is 93.1 cm³/mol. The normalized spacial score (nSPS) is 17.2. The van der Waals surface area contributed by atoms with E-state index in [4.69, 9.17) is 4.74 Å². The van der Waals surface area contributed by atoms with Crippen molar-refractivity contribution in [1.82, 2.24) is 10.3 Å². The highest BCUT2D eigenvalue weighted by Gasteiger charge is 2.37. The van der Waals surface area contributed by atoms with E-state index in [-0.39, 0.29) is 11.4 Å². The molecule has 0 aliphatic carbocycles. The minimum absolute atomic E-state index is 0.0319. The standard InChI is InChI=1S/C17H16N2O2S2/c20-16(12-3-4-13-14(10-12)23-11-18-13)19-17(5-7-21-8-6-17)15-2-1-9-22-15/h1-4,9-11H,5-8H2,(H,19,20). The molecule has 4 rings (SSSR count). The number of thiophene rings is 1. The van der Waals surface area contributed by atoms with E-state index in [1.165, 1.54) is 4.88 Å². The molecule has 0 atom stereocenters. The van der Waals surface area contributed by atoms with Gasteiger partial charge in [-0.2, -0.15) is 0 Å².